The highest BCUT2D eigenvalue weighted by Crippen LogP contribution is 2.20. The first kappa shape index (κ1) is 17.9. The molecule has 26 heavy (non-hydrogen) atoms. The Balaban J connectivity index is 1.51. The summed E-state index contributed by atoms with van der Waals surface area (Å²) in [6, 6.07) is 9.32. The molecule has 2 amide bonds. The van der Waals surface area contributed by atoms with Crippen LogP contribution in [0.15, 0.2) is 42.7 Å². The van der Waals surface area contributed by atoms with Crippen molar-refractivity contribution < 1.29 is 14.3 Å². The molecule has 0 radical (unpaired) electrons. The van der Waals surface area contributed by atoms with Crippen LogP contribution in [0, 0.1) is 13.8 Å². The average Bonchev–Trinajstić information content (AvgIpc) is 2.69. The van der Waals surface area contributed by atoms with E-state index in [1.54, 1.807) is 34.3 Å². The number of ether oxygens (including phenoxy) is 1. The Bertz CT molecular complexity index is 784. The predicted octanol–water partition coefficient (Wildman–Crippen LogP) is 2.06. The fraction of sp³-hybridized carbons (Fsp3) is 0.350. The van der Waals surface area contributed by atoms with E-state index in [2.05, 4.69) is 4.98 Å². The van der Waals surface area contributed by atoms with E-state index in [0.717, 1.165) is 16.9 Å². The summed E-state index contributed by atoms with van der Waals surface area (Å²) in [5.41, 5.74) is 2.76. The van der Waals surface area contributed by atoms with Crippen LogP contribution < -0.4 is 4.74 Å². The van der Waals surface area contributed by atoms with Crippen LogP contribution in [-0.4, -0.2) is 59.4 Å². The number of pyridine rings is 1. The topological polar surface area (TPSA) is 62.7 Å². The van der Waals surface area contributed by atoms with Gasteiger partial charge in [-0.2, -0.15) is 0 Å². The van der Waals surface area contributed by atoms with Crippen molar-refractivity contribution in [2.45, 2.75) is 13.8 Å². The molecule has 1 aliphatic rings. The van der Waals surface area contributed by atoms with Crippen LogP contribution in [0.1, 0.15) is 21.5 Å². The van der Waals surface area contributed by atoms with Gasteiger partial charge in [0.25, 0.3) is 11.8 Å². The molecule has 136 valence electrons. The Morgan fingerprint density at radius 1 is 1.04 bits per heavy atom. The van der Waals surface area contributed by atoms with Crippen LogP contribution in [0.2, 0.25) is 0 Å². The molecule has 6 heteroatoms. The third kappa shape index (κ3) is 4.02. The van der Waals surface area contributed by atoms with E-state index in [-0.39, 0.29) is 18.4 Å². The second kappa shape index (κ2) is 7.99. The zero-order valence-electron chi connectivity index (χ0n) is 15.1. The van der Waals surface area contributed by atoms with Crippen molar-refractivity contribution >= 4 is 11.8 Å². The van der Waals surface area contributed by atoms with Crippen LogP contribution in [0.5, 0.6) is 5.75 Å². The molecule has 1 fully saturated rings. The molecule has 1 aromatic carbocycles. The van der Waals surface area contributed by atoms with Crippen molar-refractivity contribution in [1.29, 1.82) is 0 Å². The Labute approximate surface area is 153 Å². The minimum atomic E-state index is -0.0561. The fourth-order valence-electron chi connectivity index (χ4n) is 2.94. The predicted molar refractivity (Wildman–Crippen MR) is 98.1 cm³/mol. The van der Waals surface area contributed by atoms with E-state index in [1.165, 1.54) is 0 Å². The van der Waals surface area contributed by atoms with Crippen LogP contribution >= 0.6 is 0 Å². The van der Waals surface area contributed by atoms with Gasteiger partial charge in [-0.1, -0.05) is 12.1 Å². The Morgan fingerprint density at radius 3 is 2.46 bits per heavy atom. The highest BCUT2D eigenvalue weighted by Gasteiger charge is 2.25. The summed E-state index contributed by atoms with van der Waals surface area (Å²) in [7, 11) is 0. The lowest BCUT2D eigenvalue weighted by atomic mass is 10.1. The van der Waals surface area contributed by atoms with Crippen LogP contribution in [0.4, 0.5) is 0 Å². The molecule has 0 unspecified atom stereocenters. The molecule has 0 atom stereocenters. The van der Waals surface area contributed by atoms with Crippen LogP contribution in [-0.2, 0) is 4.79 Å². The summed E-state index contributed by atoms with van der Waals surface area (Å²) in [5, 5.41) is 0. The maximum Gasteiger partial charge on any atom is 0.260 e. The number of nitrogens with zero attached hydrogens (tertiary/aromatic N) is 3. The summed E-state index contributed by atoms with van der Waals surface area (Å²) >= 11 is 0. The van der Waals surface area contributed by atoms with Crippen molar-refractivity contribution in [3.8, 4) is 5.75 Å². The first-order valence-corrected chi connectivity index (χ1v) is 8.72. The second-order valence-electron chi connectivity index (χ2n) is 6.40. The number of amides is 2. The van der Waals surface area contributed by atoms with Crippen LogP contribution in [0.25, 0.3) is 0 Å². The molecule has 6 nitrogen and oxygen atoms in total. The summed E-state index contributed by atoms with van der Waals surface area (Å²) in [4.78, 5) is 32.3. The number of aryl methyl sites for hydroxylation is 1. The van der Waals surface area contributed by atoms with Gasteiger partial charge in [0.15, 0.2) is 6.61 Å². The zero-order valence-corrected chi connectivity index (χ0v) is 15.1. The minimum absolute atomic E-state index is 0.0147. The Kier molecular flexibility index (Phi) is 5.51. The van der Waals surface area contributed by atoms with Crippen LogP contribution in [0.3, 0.4) is 0 Å². The molecular formula is C20H23N3O3. The number of carbonyl (C=O) groups excluding carboxylic acids is 2. The van der Waals surface area contributed by atoms with Gasteiger partial charge in [-0.25, -0.2) is 0 Å². The summed E-state index contributed by atoms with van der Waals surface area (Å²) in [6.45, 7) is 6.08. The van der Waals surface area contributed by atoms with Gasteiger partial charge in [-0.05, 0) is 43.2 Å². The van der Waals surface area contributed by atoms with E-state index in [9.17, 15) is 9.59 Å². The first-order valence-electron chi connectivity index (χ1n) is 8.72. The lowest BCUT2D eigenvalue weighted by Gasteiger charge is -2.34. The monoisotopic (exact) mass is 353 g/mol. The number of piperazine rings is 1. The second-order valence-corrected chi connectivity index (χ2v) is 6.40. The van der Waals surface area contributed by atoms with Gasteiger partial charge >= 0.3 is 0 Å². The Morgan fingerprint density at radius 2 is 1.77 bits per heavy atom. The lowest BCUT2D eigenvalue weighted by Crippen LogP contribution is -2.51. The molecule has 2 heterocycles. The first-order chi connectivity index (χ1) is 12.6. The maximum absolute atomic E-state index is 12.4. The standard InChI is InChI=1S/C20H23N3O3/c1-15-5-3-7-18(16(15)2)26-14-19(24)22-9-11-23(12-10-22)20(25)17-6-4-8-21-13-17/h3-8,13H,9-12,14H2,1-2H3. The lowest BCUT2D eigenvalue weighted by molar-refractivity contribution is -0.134. The number of hydrogen-bond acceptors (Lipinski definition) is 4. The van der Waals surface area contributed by atoms with Gasteiger partial charge in [0.2, 0.25) is 0 Å². The number of benzene rings is 1. The molecule has 1 aromatic heterocycles. The van der Waals surface area contributed by atoms with Gasteiger partial charge in [0.05, 0.1) is 5.56 Å². The van der Waals surface area contributed by atoms with Crippen molar-refractivity contribution in [1.82, 2.24) is 14.8 Å². The molecule has 0 saturated carbocycles. The number of hydrogen-bond donors (Lipinski definition) is 0. The third-order valence-electron chi connectivity index (χ3n) is 4.73. The van der Waals surface area contributed by atoms with Gasteiger partial charge in [-0.3, -0.25) is 14.6 Å². The molecule has 0 bridgehead atoms. The summed E-state index contributed by atoms with van der Waals surface area (Å²) in [5.74, 6) is 0.639. The van der Waals surface area contributed by atoms with E-state index in [1.807, 2.05) is 32.0 Å². The molecule has 3 rings (SSSR count). The zero-order chi connectivity index (χ0) is 18.5. The van der Waals surface area contributed by atoms with Gasteiger partial charge in [0, 0.05) is 38.6 Å². The number of rotatable bonds is 4. The van der Waals surface area contributed by atoms with Gasteiger partial charge in [0.1, 0.15) is 5.75 Å². The van der Waals surface area contributed by atoms with Crippen molar-refractivity contribution in [2.75, 3.05) is 32.8 Å². The molecule has 0 spiro atoms. The molecule has 1 aliphatic heterocycles. The minimum Gasteiger partial charge on any atom is -0.483 e. The van der Waals surface area contributed by atoms with Crippen molar-refractivity contribution in [2.24, 2.45) is 0 Å². The summed E-state index contributed by atoms with van der Waals surface area (Å²) < 4.78 is 5.70. The fourth-order valence-corrected chi connectivity index (χ4v) is 2.94. The Hall–Kier alpha value is -2.89. The van der Waals surface area contributed by atoms with Gasteiger partial charge in [-0.15, -0.1) is 0 Å². The van der Waals surface area contributed by atoms with Crippen molar-refractivity contribution in [3.63, 3.8) is 0 Å². The SMILES string of the molecule is Cc1cccc(OCC(=O)N2CCN(C(=O)c3cccnc3)CC2)c1C. The van der Waals surface area contributed by atoms with E-state index in [4.69, 9.17) is 4.74 Å². The number of carbonyl (C=O) groups is 2. The summed E-state index contributed by atoms with van der Waals surface area (Å²) in [6.07, 6.45) is 3.21. The highest BCUT2D eigenvalue weighted by molar-refractivity contribution is 5.94. The average molecular weight is 353 g/mol. The van der Waals surface area contributed by atoms with E-state index >= 15 is 0 Å². The molecular weight excluding hydrogens is 330 g/mol. The molecule has 0 N–H and O–H groups in total. The molecule has 0 aliphatic carbocycles. The largest absolute Gasteiger partial charge is 0.483 e. The number of aromatic nitrogens is 1. The van der Waals surface area contributed by atoms with Crippen molar-refractivity contribution in [3.05, 3.63) is 59.4 Å². The smallest absolute Gasteiger partial charge is 0.260 e. The van der Waals surface area contributed by atoms with E-state index in [0.29, 0.717) is 31.7 Å². The van der Waals surface area contributed by atoms with Gasteiger partial charge < -0.3 is 14.5 Å². The van der Waals surface area contributed by atoms with E-state index < -0.39 is 0 Å². The third-order valence-corrected chi connectivity index (χ3v) is 4.73. The highest BCUT2D eigenvalue weighted by atomic mass is 16.5. The normalized spacial score (nSPS) is 14.2. The molecule has 2 aromatic rings. The quantitative estimate of drug-likeness (QED) is 0.844. The molecule has 1 saturated heterocycles. The maximum atomic E-state index is 12.4.